The molecule has 26 heavy (non-hydrogen) atoms. The minimum Gasteiger partial charge on any atom is -0.370 e. The Labute approximate surface area is 157 Å². The number of aromatic nitrogens is 2. The van der Waals surface area contributed by atoms with Crippen molar-refractivity contribution >= 4 is 39.9 Å². The van der Waals surface area contributed by atoms with E-state index in [4.69, 9.17) is 11.6 Å². The molecule has 0 unspecified atom stereocenters. The lowest BCUT2D eigenvalue weighted by Crippen LogP contribution is -2.18. The van der Waals surface area contributed by atoms with E-state index in [0.29, 0.717) is 18.0 Å². The summed E-state index contributed by atoms with van der Waals surface area (Å²) in [6.45, 7) is 2.68. The fraction of sp³-hybridized carbons (Fsp3) is 0.300. The number of carbonyl (C=O) groups excluding carboxylic acids is 1. The zero-order valence-electron chi connectivity index (χ0n) is 14.5. The number of nitrogens with one attached hydrogen (secondary N) is 1. The summed E-state index contributed by atoms with van der Waals surface area (Å²) in [7, 11) is 0. The van der Waals surface area contributed by atoms with E-state index in [2.05, 4.69) is 15.2 Å². The van der Waals surface area contributed by atoms with Crippen LogP contribution in [0.1, 0.15) is 19.3 Å². The van der Waals surface area contributed by atoms with E-state index in [1.165, 1.54) is 12.8 Å². The minimum atomic E-state index is -0.0345. The maximum Gasteiger partial charge on any atom is 0.226 e. The molecule has 0 spiro atoms. The summed E-state index contributed by atoms with van der Waals surface area (Å²) >= 11 is 6.41. The van der Waals surface area contributed by atoms with Crippen LogP contribution in [0.4, 0.5) is 11.4 Å². The van der Waals surface area contributed by atoms with Crippen molar-refractivity contribution in [3.63, 3.8) is 0 Å². The average molecular weight is 369 g/mol. The van der Waals surface area contributed by atoms with Crippen molar-refractivity contribution in [3.05, 3.63) is 53.8 Å². The Kier molecular flexibility index (Phi) is 4.80. The Morgan fingerprint density at radius 1 is 1.15 bits per heavy atom. The largest absolute Gasteiger partial charge is 0.370 e. The number of benzene rings is 2. The van der Waals surface area contributed by atoms with Crippen LogP contribution in [-0.2, 0) is 11.3 Å². The summed E-state index contributed by atoms with van der Waals surface area (Å²) in [5.74, 6) is -0.0345. The third-order valence-electron chi connectivity index (χ3n) is 4.79. The molecule has 0 saturated carbocycles. The second-order valence-corrected chi connectivity index (χ2v) is 6.99. The Hall–Kier alpha value is -2.53. The molecule has 1 N–H and O–H groups in total. The SMILES string of the molecule is O=C(CCn1cnc2ccccc21)Nc1ccc(N2CCCC2)c(Cl)c1. The van der Waals surface area contributed by atoms with Gasteiger partial charge in [0.2, 0.25) is 5.91 Å². The highest BCUT2D eigenvalue weighted by molar-refractivity contribution is 6.33. The molecule has 0 bridgehead atoms. The standard InChI is InChI=1S/C20H21ClN4O/c21-16-13-15(7-8-18(16)24-10-3-4-11-24)23-20(26)9-12-25-14-22-17-5-1-2-6-19(17)25/h1-2,5-8,13-14H,3-4,9-12H2,(H,23,26). The van der Waals surface area contributed by atoms with Gasteiger partial charge in [-0.15, -0.1) is 0 Å². The molecule has 1 fully saturated rings. The van der Waals surface area contributed by atoms with Gasteiger partial charge < -0.3 is 14.8 Å². The predicted octanol–water partition coefficient (Wildman–Crippen LogP) is 4.32. The molecule has 4 rings (SSSR count). The van der Waals surface area contributed by atoms with Gasteiger partial charge in [0, 0.05) is 31.7 Å². The number of hydrogen-bond donors (Lipinski definition) is 1. The molecule has 0 atom stereocenters. The highest BCUT2D eigenvalue weighted by atomic mass is 35.5. The Bertz CT molecular complexity index is 930. The number of fused-ring (bicyclic) bond motifs is 1. The van der Waals surface area contributed by atoms with Crippen LogP contribution in [0.5, 0.6) is 0 Å². The van der Waals surface area contributed by atoms with Crippen LogP contribution in [0.2, 0.25) is 5.02 Å². The molecule has 1 aliphatic heterocycles. The van der Waals surface area contributed by atoms with E-state index in [0.717, 1.165) is 35.5 Å². The fourth-order valence-electron chi connectivity index (χ4n) is 3.43. The van der Waals surface area contributed by atoms with Crippen LogP contribution in [-0.4, -0.2) is 28.5 Å². The maximum absolute atomic E-state index is 12.3. The summed E-state index contributed by atoms with van der Waals surface area (Å²) in [6, 6.07) is 13.7. The lowest BCUT2D eigenvalue weighted by Gasteiger charge is -2.19. The second kappa shape index (κ2) is 7.38. The number of anilines is 2. The first kappa shape index (κ1) is 16.9. The van der Waals surface area contributed by atoms with E-state index in [1.54, 1.807) is 6.33 Å². The highest BCUT2D eigenvalue weighted by Gasteiger charge is 2.15. The number of imidazole rings is 1. The number of aryl methyl sites for hydroxylation is 1. The molecule has 3 aromatic rings. The molecular formula is C20H21ClN4O. The summed E-state index contributed by atoms with van der Waals surface area (Å²) in [4.78, 5) is 18.9. The topological polar surface area (TPSA) is 50.2 Å². The smallest absolute Gasteiger partial charge is 0.226 e. The third-order valence-corrected chi connectivity index (χ3v) is 5.09. The van der Waals surface area contributed by atoms with E-state index in [9.17, 15) is 4.79 Å². The molecule has 1 aliphatic rings. The first-order valence-electron chi connectivity index (χ1n) is 8.95. The van der Waals surface area contributed by atoms with Crippen LogP contribution in [0.15, 0.2) is 48.8 Å². The van der Waals surface area contributed by atoms with E-state index in [1.807, 2.05) is 47.0 Å². The third kappa shape index (κ3) is 3.53. The van der Waals surface area contributed by atoms with Gasteiger partial charge in [-0.25, -0.2) is 4.98 Å². The van der Waals surface area contributed by atoms with Crippen molar-refractivity contribution in [3.8, 4) is 0 Å². The summed E-state index contributed by atoms with van der Waals surface area (Å²) < 4.78 is 2.00. The van der Waals surface area contributed by atoms with Gasteiger partial charge in [-0.3, -0.25) is 4.79 Å². The number of rotatable bonds is 5. The van der Waals surface area contributed by atoms with Crippen molar-refractivity contribution < 1.29 is 4.79 Å². The molecule has 2 aromatic carbocycles. The molecule has 0 aliphatic carbocycles. The number of amides is 1. The van der Waals surface area contributed by atoms with Gasteiger partial charge in [0.1, 0.15) is 0 Å². The van der Waals surface area contributed by atoms with Crippen LogP contribution < -0.4 is 10.2 Å². The van der Waals surface area contributed by atoms with Gasteiger partial charge in [0.15, 0.2) is 0 Å². The zero-order chi connectivity index (χ0) is 17.9. The van der Waals surface area contributed by atoms with Crippen LogP contribution in [0, 0.1) is 0 Å². The van der Waals surface area contributed by atoms with Gasteiger partial charge in [-0.05, 0) is 43.2 Å². The molecular weight excluding hydrogens is 348 g/mol. The normalized spacial score (nSPS) is 14.1. The predicted molar refractivity (Wildman–Crippen MR) is 106 cm³/mol. The van der Waals surface area contributed by atoms with Crippen molar-refractivity contribution in [1.82, 2.24) is 9.55 Å². The Morgan fingerprint density at radius 3 is 2.77 bits per heavy atom. The fourth-order valence-corrected chi connectivity index (χ4v) is 3.73. The van der Waals surface area contributed by atoms with Crippen LogP contribution in [0.25, 0.3) is 11.0 Å². The van der Waals surface area contributed by atoms with Gasteiger partial charge in [0.05, 0.1) is 28.1 Å². The summed E-state index contributed by atoms with van der Waals surface area (Å²) in [5.41, 5.74) is 3.76. The second-order valence-electron chi connectivity index (χ2n) is 6.59. The lowest BCUT2D eigenvalue weighted by molar-refractivity contribution is -0.116. The van der Waals surface area contributed by atoms with Crippen molar-refractivity contribution in [2.24, 2.45) is 0 Å². The zero-order valence-corrected chi connectivity index (χ0v) is 15.2. The van der Waals surface area contributed by atoms with Crippen molar-refractivity contribution in [2.45, 2.75) is 25.8 Å². The maximum atomic E-state index is 12.3. The molecule has 1 amide bonds. The number of nitrogens with zero attached hydrogens (tertiary/aromatic N) is 3. The lowest BCUT2D eigenvalue weighted by atomic mass is 10.2. The highest BCUT2D eigenvalue weighted by Crippen LogP contribution is 2.31. The molecule has 134 valence electrons. The van der Waals surface area contributed by atoms with Crippen molar-refractivity contribution in [2.75, 3.05) is 23.3 Å². The molecule has 6 heteroatoms. The number of hydrogen-bond acceptors (Lipinski definition) is 3. The Morgan fingerprint density at radius 2 is 1.96 bits per heavy atom. The first-order chi connectivity index (χ1) is 12.7. The van der Waals surface area contributed by atoms with Crippen molar-refractivity contribution in [1.29, 1.82) is 0 Å². The number of carbonyl (C=O) groups is 1. The van der Waals surface area contributed by atoms with E-state index >= 15 is 0 Å². The van der Waals surface area contributed by atoms with Gasteiger partial charge in [0.25, 0.3) is 0 Å². The minimum absolute atomic E-state index is 0.0345. The van der Waals surface area contributed by atoms with E-state index < -0.39 is 0 Å². The van der Waals surface area contributed by atoms with E-state index in [-0.39, 0.29) is 5.91 Å². The number of halogens is 1. The molecule has 1 saturated heterocycles. The van der Waals surface area contributed by atoms with Gasteiger partial charge in [-0.1, -0.05) is 23.7 Å². The summed E-state index contributed by atoms with van der Waals surface area (Å²) in [5, 5.41) is 3.62. The quantitative estimate of drug-likeness (QED) is 0.729. The molecule has 0 radical (unpaired) electrons. The average Bonchev–Trinajstić information content (AvgIpc) is 3.30. The Balaban J connectivity index is 1.38. The van der Waals surface area contributed by atoms with Gasteiger partial charge >= 0.3 is 0 Å². The first-order valence-corrected chi connectivity index (χ1v) is 9.33. The van der Waals surface area contributed by atoms with Gasteiger partial charge in [-0.2, -0.15) is 0 Å². The molecule has 5 nitrogen and oxygen atoms in total. The van der Waals surface area contributed by atoms with Crippen LogP contribution >= 0.6 is 11.6 Å². The monoisotopic (exact) mass is 368 g/mol. The van der Waals surface area contributed by atoms with Crippen LogP contribution in [0.3, 0.4) is 0 Å². The summed E-state index contributed by atoms with van der Waals surface area (Å²) in [6.07, 6.45) is 4.57. The number of para-hydroxylation sites is 2. The molecule has 2 heterocycles. The molecule has 1 aromatic heterocycles.